The first-order valence-corrected chi connectivity index (χ1v) is 4.84. The van der Waals surface area contributed by atoms with Crippen LogP contribution in [-0.4, -0.2) is 4.98 Å². The lowest BCUT2D eigenvalue weighted by molar-refractivity contribution is 1.25. The summed E-state index contributed by atoms with van der Waals surface area (Å²) in [6, 6.07) is 6.44. The molecule has 1 aromatic carbocycles. The third kappa shape index (κ3) is 1.25. The molecular formula is C13H15N. The molecular weight excluding hydrogens is 170 g/mol. The van der Waals surface area contributed by atoms with Crippen molar-refractivity contribution < 1.29 is 0 Å². The number of aryl methyl sites for hydroxylation is 2. The summed E-state index contributed by atoms with van der Waals surface area (Å²) in [4.78, 5) is 3.36. The van der Waals surface area contributed by atoms with Crippen LogP contribution in [0.1, 0.15) is 23.7 Å². The zero-order valence-electron chi connectivity index (χ0n) is 8.94. The summed E-state index contributed by atoms with van der Waals surface area (Å²) in [6.07, 6.45) is 0. The summed E-state index contributed by atoms with van der Waals surface area (Å²) in [5, 5.41) is 1.31. The van der Waals surface area contributed by atoms with Gasteiger partial charge in [-0.3, -0.25) is 0 Å². The molecule has 0 aliphatic rings. The van der Waals surface area contributed by atoms with Crippen molar-refractivity contribution in [3.8, 4) is 0 Å². The molecule has 0 saturated heterocycles. The van der Waals surface area contributed by atoms with Crippen molar-refractivity contribution in [3.63, 3.8) is 0 Å². The SMILES string of the molecule is C=C(C)c1ccc2[nH]c(C)c(C)c2c1. The van der Waals surface area contributed by atoms with E-state index in [0.29, 0.717) is 0 Å². The van der Waals surface area contributed by atoms with Gasteiger partial charge >= 0.3 is 0 Å². The summed E-state index contributed by atoms with van der Waals surface area (Å²) in [6.45, 7) is 10.3. The molecule has 1 nitrogen and oxygen atoms in total. The van der Waals surface area contributed by atoms with Gasteiger partial charge in [-0.1, -0.05) is 18.2 Å². The number of rotatable bonds is 1. The Morgan fingerprint density at radius 2 is 2.00 bits per heavy atom. The third-order valence-electron chi connectivity index (χ3n) is 2.80. The van der Waals surface area contributed by atoms with Crippen LogP contribution in [0.15, 0.2) is 24.8 Å². The summed E-state index contributed by atoms with van der Waals surface area (Å²) in [7, 11) is 0. The van der Waals surface area contributed by atoms with Crippen molar-refractivity contribution in [2.24, 2.45) is 0 Å². The van der Waals surface area contributed by atoms with Crippen molar-refractivity contribution >= 4 is 16.5 Å². The Bertz CT molecular complexity index is 503. The molecule has 1 N–H and O–H groups in total. The first kappa shape index (κ1) is 9.07. The van der Waals surface area contributed by atoms with Crippen LogP contribution in [0.5, 0.6) is 0 Å². The summed E-state index contributed by atoms with van der Waals surface area (Å²) < 4.78 is 0. The number of fused-ring (bicyclic) bond motifs is 1. The first-order chi connectivity index (χ1) is 6.59. The Morgan fingerprint density at radius 1 is 1.29 bits per heavy atom. The average Bonchev–Trinajstić information content (AvgIpc) is 2.43. The predicted molar refractivity (Wildman–Crippen MR) is 62.5 cm³/mol. The van der Waals surface area contributed by atoms with Gasteiger partial charge in [0.05, 0.1) is 0 Å². The highest BCUT2D eigenvalue weighted by Crippen LogP contribution is 2.24. The molecule has 14 heavy (non-hydrogen) atoms. The lowest BCUT2D eigenvalue weighted by atomic mass is 10.0. The quantitative estimate of drug-likeness (QED) is 0.695. The van der Waals surface area contributed by atoms with Gasteiger partial charge in [-0.2, -0.15) is 0 Å². The zero-order chi connectivity index (χ0) is 10.3. The molecule has 0 spiro atoms. The number of benzene rings is 1. The van der Waals surface area contributed by atoms with Gasteiger partial charge in [0.1, 0.15) is 0 Å². The lowest BCUT2D eigenvalue weighted by Gasteiger charge is -1.99. The minimum Gasteiger partial charge on any atom is -0.358 e. The molecule has 0 atom stereocenters. The fourth-order valence-corrected chi connectivity index (χ4v) is 1.73. The lowest BCUT2D eigenvalue weighted by Crippen LogP contribution is -1.77. The second-order valence-electron chi connectivity index (χ2n) is 3.92. The molecule has 1 aromatic heterocycles. The van der Waals surface area contributed by atoms with Gasteiger partial charge < -0.3 is 4.98 Å². The van der Waals surface area contributed by atoms with E-state index >= 15 is 0 Å². The Morgan fingerprint density at radius 3 is 2.64 bits per heavy atom. The van der Waals surface area contributed by atoms with Crippen molar-refractivity contribution in [2.75, 3.05) is 0 Å². The number of nitrogens with one attached hydrogen (secondary N) is 1. The molecule has 1 heteroatoms. The van der Waals surface area contributed by atoms with Crippen LogP contribution in [0.2, 0.25) is 0 Å². The molecule has 2 aromatic rings. The minimum absolute atomic E-state index is 1.12. The van der Waals surface area contributed by atoms with Gasteiger partial charge in [0.15, 0.2) is 0 Å². The number of allylic oxidation sites excluding steroid dienone is 1. The maximum atomic E-state index is 3.96. The van der Waals surface area contributed by atoms with Crippen molar-refractivity contribution in [1.29, 1.82) is 0 Å². The molecule has 0 aliphatic heterocycles. The number of hydrogen-bond acceptors (Lipinski definition) is 0. The number of aromatic amines is 1. The Hall–Kier alpha value is -1.50. The standard InChI is InChI=1S/C13H15N/c1-8(2)11-5-6-13-12(7-11)9(3)10(4)14-13/h5-7,14H,1H2,2-4H3. The molecule has 0 radical (unpaired) electrons. The molecule has 0 unspecified atom stereocenters. The molecule has 0 saturated carbocycles. The summed E-state index contributed by atoms with van der Waals surface area (Å²) in [5.74, 6) is 0. The fourth-order valence-electron chi connectivity index (χ4n) is 1.73. The average molecular weight is 185 g/mol. The van der Waals surface area contributed by atoms with Gasteiger partial charge in [-0.05, 0) is 44.0 Å². The number of H-pyrrole nitrogens is 1. The maximum Gasteiger partial charge on any atom is 0.0459 e. The highest BCUT2D eigenvalue weighted by Gasteiger charge is 2.04. The van der Waals surface area contributed by atoms with Crippen molar-refractivity contribution in [1.82, 2.24) is 4.98 Å². The minimum atomic E-state index is 1.12. The van der Waals surface area contributed by atoms with Gasteiger partial charge in [-0.15, -0.1) is 0 Å². The second kappa shape index (κ2) is 3.02. The van der Waals surface area contributed by atoms with Crippen LogP contribution in [0.25, 0.3) is 16.5 Å². The summed E-state index contributed by atoms with van der Waals surface area (Å²) in [5.41, 5.74) is 6.14. The third-order valence-corrected chi connectivity index (χ3v) is 2.80. The van der Waals surface area contributed by atoms with Gasteiger partial charge in [-0.25, -0.2) is 0 Å². The van der Waals surface area contributed by atoms with E-state index in [9.17, 15) is 0 Å². The van der Waals surface area contributed by atoms with E-state index in [2.05, 4.69) is 43.6 Å². The number of aromatic nitrogens is 1. The molecule has 1 heterocycles. The Labute approximate surface area is 84.5 Å². The zero-order valence-corrected chi connectivity index (χ0v) is 8.94. The fraction of sp³-hybridized carbons (Fsp3) is 0.231. The largest absolute Gasteiger partial charge is 0.358 e. The van der Waals surface area contributed by atoms with E-state index in [4.69, 9.17) is 0 Å². The topological polar surface area (TPSA) is 15.8 Å². The van der Waals surface area contributed by atoms with Crippen molar-refractivity contribution in [2.45, 2.75) is 20.8 Å². The monoisotopic (exact) mass is 185 g/mol. The number of hydrogen-bond donors (Lipinski definition) is 1. The normalized spacial score (nSPS) is 10.8. The Balaban J connectivity index is 2.76. The molecule has 0 amide bonds. The van der Waals surface area contributed by atoms with Gasteiger partial charge in [0, 0.05) is 16.6 Å². The van der Waals surface area contributed by atoms with E-state index < -0.39 is 0 Å². The van der Waals surface area contributed by atoms with Crippen LogP contribution in [0, 0.1) is 13.8 Å². The second-order valence-corrected chi connectivity index (χ2v) is 3.92. The van der Waals surface area contributed by atoms with Crippen molar-refractivity contribution in [3.05, 3.63) is 41.6 Å². The van der Waals surface area contributed by atoms with E-state index in [1.165, 1.54) is 27.7 Å². The van der Waals surface area contributed by atoms with Gasteiger partial charge in [0.2, 0.25) is 0 Å². The van der Waals surface area contributed by atoms with Crippen LogP contribution in [0.4, 0.5) is 0 Å². The molecule has 0 aliphatic carbocycles. The first-order valence-electron chi connectivity index (χ1n) is 4.84. The van der Waals surface area contributed by atoms with Crippen LogP contribution in [0.3, 0.4) is 0 Å². The molecule has 72 valence electrons. The highest BCUT2D eigenvalue weighted by atomic mass is 14.7. The van der Waals surface area contributed by atoms with Crippen LogP contribution < -0.4 is 0 Å². The molecule has 0 bridgehead atoms. The van der Waals surface area contributed by atoms with E-state index in [1.807, 2.05) is 6.92 Å². The van der Waals surface area contributed by atoms with Crippen LogP contribution in [-0.2, 0) is 0 Å². The smallest absolute Gasteiger partial charge is 0.0459 e. The molecule has 2 rings (SSSR count). The van der Waals surface area contributed by atoms with E-state index in [1.54, 1.807) is 0 Å². The van der Waals surface area contributed by atoms with Gasteiger partial charge in [0.25, 0.3) is 0 Å². The summed E-state index contributed by atoms with van der Waals surface area (Å²) >= 11 is 0. The van der Waals surface area contributed by atoms with E-state index in [-0.39, 0.29) is 0 Å². The van der Waals surface area contributed by atoms with Crippen LogP contribution >= 0.6 is 0 Å². The maximum absolute atomic E-state index is 3.96. The highest BCUT2D eigenvalue weighted by molar-refractivity contribution is 5.87. The predicted octanol–water partition coefficient (Wildman–Crippen LogP) is 3.82. The Kier molecular flexibility index (Phi) is 1.95. The molecule has 0 fully saturated rings. The van der Waals surface area contributed by atoms with E-state index in [0.717, 1.165) is 5.57 Å².